The van der Waals surface area contributed by atoms with Crippen LogP contribution in [0.15, 0.2) is 0 Å². The Balaban J connectivity index is 3.73. The fraction of sp³-hybridized carbons (Fsp3) is 0.923. The lowest BCUT2D eigenvalue weighted by Crippen LogP contribution is -2.38. The lowest BCUT2D eigenvalue weighted by molar-refractivity contribution is -0.122. The second-order valence-electron chi connectivity index (χ2n) is 4.71. The van der Waals surface area contributed by atoms with Crippen LogP contribution in [0.4, 0.5) is 0 Å². The van der Waals surface area contributed by atoms with Crippen LogP contribution in [0.2, 0.25) is 0 Å². The van der Waals surface area contributed by atoms with Gasteiger partial charge in [0.25, 0.3) is 0 Å². The largest absolute Gasteiger partial charge is 0.353 e. The number of unbranched alkanes of at least 4 members (excludes halogenated alkanes) is 3. The number of halogens is 1. The molecule has 96 valence electrons. The van der Waals surface area contributed by atoms with Crippen LogP contribution in [-0.2, 0) is 4.79 Å². The Kier molecular flexibility index (Phi) is 10.1. The summed E-state index contributed by atoms with van der Waals surface area (Å²) in [5.41, 5.74) is 0. The Morgan fingerprint density at radius 1 is 1.25 bits per heavy atom. The molecule has 0 aromatic heterocycles. The molecule has 0 heterocycles. The van der Waals surface area contributed by atoms with Gasteiger partial charge >= 0.3 is 0 Å². The summed E-state index contributed by atoms with van der Waals surface area (Å²) in [5.74, 6) is 0.730. The van der Waals surface area contributed by atoms with E-state index in [0.29, 0.717) is 18.4 Å². The van der Waals surface area contributed by atoms with Gasteiger partial charge in [-0.25, -0.2) is 0 Å². The van der Waals surface area contributed by atoms with Crippen molar-refractivity contribution in [1.82, 2.24) is 5.32 Å². The molecule has 1 atom stereocenters. The number of amides is 1. The predicted molar refractivity (Wildman–Crippen MR) is 73.9 cm³/mol. The molecule has 0 saturated heterocycles. The maximum absolute atomic E-state index is 11.7. The third kappa shape index (κ3) is 8.14. The minimum absolute atomic E-state index is 0.218. The summed E-state index contributed by atoms with van der Waals surface area (Å²) < 4.78 is 0. The van der Waals surface area contributed by atoms with Crippen LogP contribution < -0.4 is 5.32 Å². The van der Waals surface area contributed by atoms with Gasteiger partial charge in [0.05, 0.1) is 0 Å². The summed E-state index contributed by atoms with van der Waals surface area (Å²) in [5, 5.41) is 4.08. The average Bonchev–Trinajstić information content (AvgIpc) is 2.23. The molecule has 1 amide bonds. The number of hydrogen-bond donors (Lipinski definition) is 1. The third-order valence-electron chi connectivity index (χ3n) is 2.83. The summed E-state index contributed by atoms with van der Waals surface area (Å²) in [6.07, 6.45) is 6.36. The molecule has 1 unspecified atom stereocenters. The molecule has 0 radical (unpaired) electrons. The molecule has 2 nitrogen and oxygen atoms in total. The number of nitrogens with one attached hydrogen (secondary N) is 1. The fourth-order valence-electron chi connectivity index (χ4n) is 1.68. The number of alkyl halides is 1. The number of hydrogen-bond acceptors (Lipinski definition) is 1. The van der Waals surface area contributed by atoms with Gasteiger partial charge in [-0.2, -0.15) is 0 Å². The lowest BCUT2D eigenvalue weighted by atomic mass is 10.0. The van der Waals surface area contributed by atoms with Gasteiger partial charge in [-0.05, 0) is 18.8 Å². The van der Waals surface area contributed by atoms with Crippen molar-refractivity contribution in [2.75, 3.05) is 5.33 Å². The molecule has 0 aliphatic carbocycles. The van der Waals surface area contributed by atoms with Gasteiger partial charge in [-0.3, -0.25) is 4.79 Å². The van der Waals surface area contributed by atoms with E-state index in [4.69, 9.17) is 0 Å². The molecule has 0 aromatic rings. The molecule has 0 bridgehead atoms. The van der Waals surface area contributed by atoms with Crippen LogP contribution in [0.1, 0.15) is 59.3 Å². The Bertz CT molecular complexity index is 183. The van der Waals surface area contributed by atoms with Crippen molar-refractivity contribution in [1.29, 1.82) is 0 Å². The standard InChI is InChI=1S/C13H26BrNO/c1-4-5-6-7-8-13(16)15-12(9-10-14)11(2)3/h11-12H,4-10H2,1-3H3,(H,15,16). The van der Waals surface area contributed by atoms with Crippen molar-refractivity contribution in [2.24, 2.45) is 5.92 Å². The van der Waals surface area contributed by atoms with Crippen molar-refractivity contribution >= 4 is 21.8 Å². The topological polar surface area (TPSA) is 29.1 Å². The number of carbonyl (C=O) groups excluding carboxylic acids is 1. The predicted octanol–water partition coefficient (Wildman–Crippen LogP) is 3.88. The second kappa shape index (κ2) is 10.1. The molecule has 0 spiro atoms. The SMILES string of the molecule is CCCCCCC(=O)NC(CCBr)C(C)C. The summed E-state index contributed by atoms with van der Waals surface area (Å²) >= 11 is 3.43. The van der Waals surface area contributed by atoms with E-state index in [1.165, 1.54) is 19.3 Å². The molecule has 0 aliphatic heterocycles. The van der Waals surface area contributed by atoms with Crippen molar-refractivity contribution in [3.8, 4) is 0 Å². The van der Waals surface area contributed by atoms with Crippen molar-refractivity contribution in [3.63, 3.8) is 0 Å². The number of carbonyl (C=O) groups is 1. The van der Waals surface area contributed by atoms with E-state index in [0.717, 1.165) is 18.2 Å². The molecule has 16 heavy (non-hydrogen) atoms. The van der Waals surface area contributed by atoms with E-state index in [1.54, 1.807) is 0 Å². The van der Waals surface area contributed by atoms with Gasteiger partial charge < -0.3 is 5.32 Å². The fourth-order valence-corrected chi connectivity index (χ4v) is 2.17. The maximum Gasteiger partial charge on any atom is 0.220 e. The zero-order valence-corrected chi connectivity index (χ0v) is 12.5. The van der Waals surface area contributed by atoms with E-state index in [1.807, 2.05) is 0 Å². The van der Waals surface area contributed by atoms with Crippen LogP contribution >= 0.6 is 15.9 Å². The monoisotopic (exact) mass is 291 g/mol. The summed E-state index contributed by atoms with van der Waals surface area (Å²) in [7, 11) is 0. The van der Waals surface area contributed by atoms with Gasteiger partial charge in [0.1, 0.15) is 0 Å². The highest BCUT2D eigenvalue weighted by atomic mass is 79.9. The molecule has 1 N–H and O–H groups in total. The van der Waals surface area contributed by atoms with Crippen LogP contribution in [0, 0.1) is 5.92 Å². The quantitative estimate of drug-likeness (QED) is 0.507. The van der Waals surface area contributed by atoms with Gasteiger partial charge in [-0.15, -0.1) is 0 Å². The molecule has 0 fully saturated rings. The van der Waals surface area contributed by atoms with Crippen LogP contribution in [0.25, 0.3) is 0 Å². The van der Waals surface area contributed by atoms with Crippen LogP contribution in [-0.4, -0.2) is 17.3 Å². The first kappa shape index (κ1) is 16.0. The minimum atomic E-state index is 0.218. The van der Waals surface area contributed by atoms with Crippen molar-refractivity contribution in [3.05, 3.63) is 0 Å². The zero-order chi connectivity index (χ0) is 12.4. The van der Waals surface area contributed by atoms with E-state index >= 15 is 0 Å². The first-order chi connectivity index (χ1) is 7.61. The Morgan fingerprint density at radius 2 is 1.94 bits per heavy atom. The average molecular weight is 292 g/mol. The van der Waals surface area contributed by atoms with Gasteiger partial charge in [-0.1, -0.05) is 56.0 Å². The molecule has 0 saturated carbocycles. The maximum atomic E-state index is 11.7. The summed E-state index contributed by atoms with van der Waals surface area (Å²) in [6, 6.07) is 0.318. The van der Waals surface area contributed by atoms with Crippen molar-refractivity contribution in [2.45, 2.75) is 65.3 Å². The minimum Gasteiger partial charge on any atom is -0.353 e. The second-order valence-corrected chi connectivity index (χ2v) is 5.50. The molecule has 3 heteroatoms. The van der Waals surface area contributed by atoms with E-state index < -0.39 is 0 Å². The van der Waals surface area contributed by atoms with Crippen LogP contribution in [0.5, 0.6) is 0 Å². The normalized spacial score (nSPS) is 12.8. The molecular formula is C13H26BrNO. The Morgan fingerprint density at radius 3 is 2.44 bits per heavy atom. The van der Waals surface area contributed by atoms with Crippen LogP contribution in [0.3, 0.4) is 0 Å². The van der Waals surface area contributed by atoms with E-state index in [9.17, 15) is 4.79 Å². The van der Waals surface area contributed by atoms with Gasteiger partial charge in [0, 0.05) is 17.8 Å². The van der Waals surface area contributed by atoms with E-state index in [2.05, 4.69) is 42.0 Å². The first-order valence-corrected chi connectivity index (χ1v) is 7.59. The molecule has 0 aromatic carbocycles. The van der Waals surface area contributed by atoms with Crippen molar-refractivity contribution < 1.29 is 4.79 Å². The highest BCUT2D eigenvalue weighted by molar-refractivity contribution is 9.09. The Hall–Kier alpha value is -0.0500. The van der Waals surface area contributed by atoms with Gasteiger partial charge in [0.15, 0.2) is 0 Å². The Labute approximate surface area is 109 Å². The van der Waals surface area contributed by atoms with Gasteiger partial charge in [0.2, 0.25) is 5.91 Å². The lowest BCUT2D eigenvalue weighted by Gasteiger charge is -2.21. The molecule has 0 rings (SSSR count). The first-order valence-electron chi connectivity index (χ1n) is 6.47. The molecule has 0 aliphatic rings. The summed E-state index contributed by atoms with van der Waals surface area (Å²) in [6.45, 7) is 6.50. The zero-order valence-electron chi connectivity index (χ0n) is 10.9. The highest BCUT2D eigenvalue weighted by Crippen LogP contribution is 2.09. The van der Waals surface area contributed by atoms with E-state index in [-0.39, 0.29) is 5.91 Å². The number of rotatable bonds is 9. The third-order valence-corrected chi connectivity index (χ3v) is 3.29. The summed E-state index contributed by atoms with van der Waals surface area (Å²) in [4.78, 5) is 11.7. The highest BCUT2D eigenvalue weighted by Gasteiger charge is 2.14. The smallest absolute Gasteiger partial charge is 0.220 e. The molecular weight excluding hydrogens is 266 g/mol.